The van der Waals surface area contributed by atoms with Gasteiger partial charge >= 0.3 is 0 Å². The lowest BCUT2D eigenvalue weighted by Crippen LogP contribution is -2.20. The van der Waals surface area contributed by atoms with Crippen LogP contribution < -0.4 is 11.1 Å². The van der Waals surface area contributed by atoms with E-state index in [2.05, 4.69) is 30.7 Å². The van der Waals surface area contributed by atoms with Crippen molar-refractivity contribution >= 4 is 28.3 Å². The van der Waals surface area contributed by atoms with Gasteiger partial charge in [-0.15, -0.1) is 21.5 Å². The highest BCUT2D eigenvalue weighted by atomic mass is 32.1. The van der Waals surface area contributed by atoms with Crippen molar-refractivity contribution in [2.75, 3.05) is 5.32 Å². The molecule has 0 saturated heterocycles. The van der Waals surface area contributed by atoms with Crippen LogP contribution in [0.3, 0.4) is 0 Å². The smallest absolute Gasteiger partial charge is 0.265 e. The SMILES string of the molecule is NC(=O)c1cc(-c2csc(NC(=O)Cn3nnc(-c4ccccc4)n3)n2)c[nH]1. The highest BCUT2D eigenvalue weighted by Gasteiger charge is 2.13. The molecule has 10 nitrogen and oxygen atoms in total. The van der Waals surface area contributed by atoms with E-state index in [0.29, 0.717) is 27.9 Å². The predicted molar refractivity (Wildman–Crippen MR) is 102 cm³/mol. The molecule has 0 aliphatic heterocycles. The molecule has 0 spiro atoms. The standard InChI is InChI=1S/C17H14N8O2S/c18-15(27)12-6-11(7-19-12)13-9-28-17(20-13)21-14(26)8-25-23-16(22-24-25)10-4-2-1-3-5-10/h1-7,9,19H,8H2,(H2,18,27)(H,20,21,26). The van der Waals surface area contributed by atoms with Gasteiger partial charge in [-0.25, -0.2) is 4.98 Å². The van der Waals surface area contributed by atoms with Crippen LogP contribution in [-0.2, 0) is 11.3 Å². The number of rotatable bonds is 6. The number of anilines is 1. The molecule has 0 atom stereocenters. The summed E-state index contributed by atoms with van der Waals surface area (Å²) in [6, 6.07) is 11.0. The highest BCUT2D eigenvalue weighted by molar-refractivity contribution is 7.14. The minimum atomic E-state index is -0.551. The van der Waals surface area contributed by atoms with Gasteiger partial charge in [0.15, 0.2) is 5.13 Å². The number of amides is 2. The monoisotopic (exact) mass is 394 g/mol. The molecule has 4 rings (SSSR count). The number of primary amides is 1. The molecular formula is C17H14N8O2S. The zero-order valence-corrected chi connectivity index (χ0v) is 15.2. The first-order valence-corrected chi connectivity index (χ1v) is 9.03. The first-order valence-electron chi connectivity index (χ1n) is 8.16. The maximum Gasteiger partial charge on any atom is 0.265 e. The molecular weight excluding hydrogens is 380 g/mol. The Labute approximate surface area is 162 Å². The number of hydrogen-bond acceptors (Lipinski definition) is 7. The van der Waals surface area contributed by atoms with Gasteiger partial charge in [0, 0.05) is 22.7 Å². The number of tetrazole rings is 1. The number of H-pyrrole nitrogens is 1. The lowest BCUT2D eigenvalue weighted by molar-refractivity contribution is -0.117. The Hall–Kier alpha value is -3.86. The van der Waals surface area contributed by atoms with Crippen molar-refractivity contribution in [3.8, 4) is 22.6 Å². The van der Waals surface area contributed by atoms with Crippen LogP contribution >= 0.6 is 11.3 Å². The zero-order chi connectivity index (χ0) is 19.5. The molecule has 0 aliphatic rings. The summed E-state index contributed by atoms with van der Waals surface area (Å²) >= 11 is 1.26. The van der Waals surface area contributed by atoms with E-state index in [1.807, 2.05) is 30.3 Å². The molecule has 0 unspecified atom stereocenters. The number of carbonyl (C=O) groups is 2. The molecule has 0 bridgehead atoms. The Kier molecular flexibility index (Phi) is 4.64. The van der Waals surface area contributed by atoms with E-state index in [4.69, 9.17) is 5.73 Å². The Bertz CT molecular complexity index is 1130. The van der Waals surface area contributed by atoms with Crippen LogP contribution in [0.15, 0.2) is 48.0 Å². The zero-order valence-electron chi connectivity index (χ0n) is 14.4. The average molecular weight is 394 g/mol. The fraction of sp³-hybridized carbons (Fsp3) is 0.0588. The number of nitrogens with one attached hydrogen (secondary N) is 2. The summed E-state index contributed by atoms with van der Waals surface area (Å²) < 4.78 is 0. The van der Waals surface area contributed by atoms with Crippen LogP contribution in [0, 0.1) is 0 Å². The number of carbonyl (C=O) groups excluding carboxylic acids is 2. The largest absolute Gasteiger partial charge is 0.364 e. The van der Waals surface area contributed by atoms with E-state index in [9.17, 15) is 9.59 Å². The number of nitrogens with zero attached hydrogens (tertiary/aromatic N) is 5. The molecule has 3 aromatic heterocycles. The number of benzene rings is 1. The van der Waals surface area contributed by atoms with Crippen LogP contribution in [0.2, 0.25) is 0 Å². The lowest BCUT2D eigenvalue weighted by atomic mass is 10.2. The van der Waals surface area contributed by atoms with Gasteiger partial charge in [0.2, 0.25) is 11.7 Å². The molecule has 2 amide bonds. The summed E-state index contributed by atoms with van der Waals surface area (Å²) in [5.74, 6) is -0.433. The van der Waals surface area contributed by atoms with Crippen molar-refractivity contribution < 1.29 is 9.59 Å². The van der Waals surface area contributed by atoms with Crippen LogP contribution in [0.25, 0.3) is 22.6 Å². The molecule has 1 aromatic carbocycles. The second kappa shape index (κ2) is 7.40. The third kappa shape index (κ3) is 3.78. The quantitative estimate of drug-likeness (QED) is 0.452. The second-order valence-electron chi connectivity index (χ2n) is 5.76. The number of hydrogen-bond donors (Lipinski definition) is 3. The van der Waals surface area contributed by atoms with E-state index >= 15 is 0 Å². The topological polar surface area (TPSA) is 144 Å². The summed E-state index contributed by atoms with van der Waals surface area (Å²) in [5, 5.41) is 16.9. The summed E-state index contributed by atoms with van der Waals surface area (Å²) in [6.45, 7) is -0.0925. The maximum absolute atomic E-state index is 12.2. The molecule has 3 heterocycles. The van der Waals surface area contributed by atoms with E-state index in [1.54, 1.807) is 17.6 Å². The van der Waals surface area contributed by atoms with Crippen LogP contribution in [0.1, 0.15) is 10.5 Å². The van der Waals surface area contributed by atoms with E-state index < -0.39 is 5.91 Å². The van der Waals surface area contributed by atoms with Gasteiger partial charge in [0.1, 0.15) is 12.2 Å². The van der Waals surface area contributed by atoms with Crippen molar-refractivity contribution in [1.29, 1.82) is 0 Å². The third-order valence-electron chi connectivity index (χ3n) is 3.76. The van der Waals surface area contributed by atoms with Crippen LogP contribution in [0.5, 0.6) is 0 Å². The van der Waals surface area contributed by atoms with Crippen molar-refractivity contribution in [3.05, 3.63) is 53.7 Å². The average Bonchev–Trinajstić information content (AvgIpc) is 3.42. The normalized spacial score (nSPS) is 10.7. The number of nitrogens with two attached hydrogens (primary N) is 1. The molecule has 140 valence electrons. The fourth-order valence-corrected chi connectivity index (χ4v) is 3.18. The van der Waals surface area contributed by atoms with Crippen molar-refractivity contribution in [2.45, 2.75) is 6.54 Å². The van der Waals surface area contributed by atoms with Crippen LogP contribution in [-0.4, -0.2) is 42.0 Å². The molecule has 28 heavy (non-hydrogen) atoms. The Morgan fingerprint density at radius 3 is 2.79 bits per heavy atom. The van der Waals surface area contributed by atoms with E-state index in [1.165, 1.54) is 16.1 Å². The minimum absolute atomic E-state index is 0.0925. The summed E-state index contributed by atoms with van der Waals surface area (Å²) in [7, 11) is 0. The third-order valence-corrected chi connectivity index (χ3v) is 4.52. The number of thiazole rings is 1. The molecule has 0 aliphatic carbocycles. The minimum Gasteiger partial charge on any atom is -0.364 e. The van der Waals surface area contributed by atoms with Crippen molar-refractivity contribution in [3.63, 3.8) is 0 Å². The predicted octanol–water partition coefficient (Wildman–Crippen LogP) is 1.53. The van der Waals surface area contributed by atoms with Gasteiger partial charge in [-0.05, 0) is 11.3 Å². The van der Waals surface area contributed by atoms with Gasteiger partial charge < -0.3 is 16.0 Å². The number of aromatic nitrogens is 6. The molecule has 11 heteroatoms. The van der Waals surface area contributed by atoms with Gasteiger partial charge in [0.05, 0.1) is 5.69 Å². The van der Waals surface area contributed by atoms with Gasteiger partial charge in [-0.3, -0.25) is 9.59 Å². The number of aromatic amines is 1. The first-order chi connectivity index (χ1) is 13.6. The van der Waals surface area contributed by atoms with Gasteiger partial charge in [-0.2, -0.15) is 4.80 Å². The van der Waals surface area contributed by atoms with Gasteiger partial charge in [0.25, 0.3) is 5.91 Å². The summed E-state index contributed by atoms with van der Waals surface area (Å²) in [5.41, 5.74) is 7.66. The maximum atomic E-state index is 12.2. The molecule has 4 N–H and O–H groups in total. The fourth-order valence-electron chi connectivity index (χ4n) is 2.45. The molecule has 4 aromatic rings. The Balaban J connectivity index is 1.40. The lowest BCUT2D eigenvalue weighted by Gasteiger charge is -2.00. The Morgan fingerprint density at radius 2 is 2.04 bits per heavy atom. The van der Waals surface area contributed by atoms with E-state index in [0.717, 1.165) is 5.56 Å². The first kappa shape index (κ1) is 17.5. The molecule has 0 radical (unpaired) electrons. The summed E-state index contributed by atoms with van der Waals surface area (Å²) in [6.07, 6.45) is 1.63. The summed E-state index contributed by atoms with van der Waals surface area (Å²) in [4.78, 5) is 31.7. The van der Waals surface area contributed by atoms with Crippen LogP contribution in [0.4, 0.5) is 5.13 Å². The highest BCUT2D eigenvalue weighted by Crippen LogP contribution is 2.25. The van der Waals surface area contributed by atoms with Gasteiger partial charge in [-0.1, -0.05) is 30.3 Å². The van der Waals surface area contributed by atoms with E-state index in [-0.39, 0.29) is 12.5 Å². The Morgan fingerprint density at radius 1 is 1.21 bits per heavy atom. The molecule has 0 fully saturated rings. The van der Waals surface area contributed by atoms with Crippen molar-refractivity contribution in [1.82, 2.24) is 30.2 Å². The second-order valence-corrected chi connectivity index (χ2v) is 6.62. The molecule has 0 saturated carbocycles. The van der Waals surface area contributed by atoms with Crippen molar-refractivity contribution in [2.24, 2.45) is 5.73 Å².